The van der Waals surface area contributed by atoms with Crippen LogP contribution in [0.15, 0.2) is 42.5 Å². The number of carbonyl (C=O) groups is 1. The summed E-state index contributed by atoms with van der Waals surface area (Å²) in [6.45, 7) is 4.64. The van der Waals surface area contributed by atoms with E-state index in [-0.39, 0.29) is 30.2 Å². The van der Waals surface area contributed by atoms with E-state index in [0.29, 0.717) is 35.0 Å². The summed E-state index contributed by atoms with van der Waals surface area (Å²) < 4.78 is 27.4. The minimum absolute atomic E-state index is 0.0899. The van der Waals surface area contributed by atoms with Crippen LogP contribution in [0.3, 0.4) is 0 Å². The van der Waals surface area contributed by atoms with E-state index in [1.165, 1.54) is 15.9 Å². The molecule has 5 nitrogen and oxygen atoms in total. The molecule has 2 aromatic carbocycles. The highest BCUT2D eigenvalue weighted by Crippen LogP contribution is 2.27. The maximum Gasteiger partial charge on any atom is 0.224 e. The van der Waals surface area contributed by atoms with Crippen LogP contribution in [0.2, 0.25) is 10.0 Å². The minimum Gasteiger partial charge on any atom is -0.349 e. The SMILES string of the molecule is CC[C@H](NC(=O)[C@@H]1CCCN(S(=O)(=O)Cc2ccc(Cl)cc2Cl)C1)c1ccc(C)cc1. The summed E-state index contributed by atoms with van der Waals surface area (Å²) in [6.07, 6.45) is 2.08. The van der Waals surface area contributed by atoms with Gasteiger partial charge in [-0.2, -0.15) is 0 Å². The number of halogens is 2. The fourth-order valence-electron chi connectivity index (χ4n) is 3.85. The highest BCUT2D eigenvalue weighted by Gasteiger charge is 2.33. The minimum atomic E-state index is -3.60. The van der Waals surface area contributed by atoms with Crippen molar-refractivity contribution in [3.05, 3.63) is 69.2 Å². The van der Waals surface area contributed by atoms with Crippen LogP contribution in [0.5, 0.6) is 0 Å². The molecule has 1 aliphatic heterocycles. The van der Waals surface area contributed by atoms with Crippen molar-refractivity contribution < 1.29 is 13.2 Å². The van der Waals surface area contributed by atoms with Gasteiger partial charge in [0.1, 0.15) is 0 Å². The van der Waals surface area contributed by atoms with Crippen LogP contribution in [0, 0.1) is 12.8 Å². The Morgan fingerprint density at radius 1 is 1.19 bits per heavy atom. The summed E-state index contributed by atoms with van der Waals surface area (Å²) in [7, 11) is -3.60. The van der Waals surface area contributed by atoms with Crippen LogP contribution < -0.4 is 5.32 Å². The standard InChI is InChI=1S/C23H28Cl2N2O3S/c1-3-22(17-8-6-16(2)7-9-17)26-23(28)18-5-4-12-27(14-18)31(29,30)15-19-10-11-20(24)13-21(19)25/h6-11,13,18,22H,3-5,12,14-15H2,1-2H3,(H,26,28)/t18-,22+/m1/s1. The van der Waals surface area contributed by atoms with Crippen LogP contribution in [0.25, 0.3) is 0 Å². The van der Waals surface area contributed by atoms with Crippen molar-refractivity contribution >= 4 is 39.1 Å². The number of amides is 1. The van der Waals surface area contributed by atoms with Crippen molar-refractivity contribution in [2.24, 2.45) is 5.92 Å². The highest BCUT2D eigenvalue weighted by atomic mass is 35.5. The molecule has 0 aliphatic carbocycles. The molecule has 1 heterocycles. The number of nitrogens with one attached hydrogen (secondary N) is 1. The lowest BCUT2D eigenvalue weighted by atomic mass is 9.97. The smallest absolute Gasteiger partial charge is 0.224 e. The number of hydrogen-bond acceptors (Lipinski definition) is 3. The van der Waals surface area contributed by atoms with Gasteiger partial charge in [-0.15, -0.1) is 0 Å². The van der Waals surface area contributed by atoms with Crippen molar-refractivity contribution in [1.82, 2.24) is 9.62 Å². The second-order valence-electron chi connectivity index (χ2n) is 8.07. The van der Waals surface area contributed by atoms with E-state index in [4.69, 9.17) is 23.2 Å². The van der Waals surface area contributed by atoms with Crippen molar-refractivity contribution in [3.8, 4) is 0 Å². The van der Waals surface area contributed by atoms with Crippen LogP contribution >= 0.6 is 23.2 Å². The lowest BCUT2D eigenvalue weighted by Gasteiger charge is -2.32. The molecule has 0 unspecified atom stereocenters. The zero-order valence-corrected chi connectivity index (χ0v) is 20.1. The molecule has 1 amide bonds. The van der Waals surface area contributed by atoms with Gasteiger partial charge in [-0.3, -0.25) is 4.79 Å². The van der Waals surface area contributed by atoms with Gasteiger partial charge in [0, 0.05) is 23.1 Å². The number of aryl methyl sites for hydroxylation is 1. The fraction of sp³-hybridized carbons (Fsp3) is 0.435. The average Bonchev–Trinajstić information content (AvgIpc) is 2.74. The number of sulfonamides is 1. The lowest BCUT2D eigenvalue weighted by molar-refractivity contribution is -0.126. The molecule has 31 heavy (non-hydrogen) atoms. The van der Waals surface area contributed by atoms with Crippen LogP contribution in [-0.4, -0.2) is 31.7 Å². The van der Waals surface area contributed by atoms with Crippen LogP contribution in [-0.2, 0) is 20.6 Å². The first kappa shape index (κ1) is 24.1. The topological polar surface area (TPSA) is 66.5 Å². The van der Waals surface area contributed by atoms with E-state index in [1.54, 1.807) is 12.1 Å². The van der Waals surface area contributed by atoms with E-state index >= 15 is 0 Å². The van der Waals surface area contributed by atoms with Crippen LogP contribution in [0.1, 0.15) is 48.9 Å². The number of hydrogen-bond donors (Lipinski definition) is 1. The lowest BCUT2D eigenvalue weighted by Crippen LogP contribution is -2.46. The first-order valence-electron chi connectivity index (χ1n) is 10.5. The van der Waals surface area contributed by atoms with Crippen molar-refractivity contribution in [2.45, 2.75) is 44.9 Å². The van der Waals surface area contributed by atoms with Crippen molar-refractivity contribution in [2.75, 3.05) is 13.1 Å². The van der Waals surface area contributed by atoms with Gasteiger partial charge in [0.05, 0.1) is 17.7 Å². The predicted molar refractivity (Wildman–Crippen MR) is 126 cm³/mol. The first-order valence-corrected chi connectivity index (χ1v) is 12.8. The third-order valence-corrected chi connectivity index (χ3v) is 8.09. The molecule has 0 bridgehead atoms. The molecule has 0 aromatic heterocycles. The summed E-state index contributed by atoms with van der Waals surface area (Å²) in [5, 5.41) is 3.90. The molecule has 168 valence electrons. The predicted octanol–water partition coefficient (Wildman–Crippen LogP) is 5.11. The van der Waals surface area contributed by atoms with Gasteiger partial charge < -0.3 is 5.32 Å². The number of piperidine rings is 1. The number of rotatable bonds is 7. The van der Waals surface area contributed by atoms with E-state index in [0.717, 1.165) is 12.0 Å². The van der Waals surface area contributed by atoms with Gasteiger partial charge in [0.15, 0.2) is 0 Å². The van der Waals surface area contributed by atoms with Gasteiger partial charge in [0.25, 0.3) is 0 Å². The number of carbonyl (C=O) groups excluding carboxylic acids is 1. The fourth-order valence-corrected chi connectivity index (χ4v) is 6.04. The summed E-state index contributed by atoms with van der Waals surface area (Å²) in [5.41, 5.74) is 2.72. The highest BCUT2D eigenvalue weighted by molar-refractivity contribution is 7.88. The zero-order valence-electron chi connectivity index (χ0n) is 17.8. The van der Waals surface area contributed by atoms with E-state index in [9.17, 15) is 13.2 Å². The molecular weight excluding hydrogens is 455 g/mol. The Labute approximate surface area is 194 Å². The zero-order chi connectivity index (χ0) is 22.6. The molecule has 2 atom stereocenters. The second kappa shape index (κ2) is 10.3. The van der Waals surface area contributed by atoms with Crippen molar-refractivity contribution in [3.63, 3.8) is 0 Å². The normalized spacial score (nSPS) is 18.5. The Morgan fingerprint density at radius 3 is 2.55 bits per heavy atom. The molecule has 0 saturated carbocycles. The summed E-state index contributed by atoms with van der Waals surface area (Å²) >= 11 is 12.1. The molecule has 2 aromatic rings. The Balaban J connectivity index is 1.67. The van der Waals surface area contributed by atoms with Gasteiger partial charge in [-0.05, 0) is 49.4 Å². The second-order valence-corrected chi connectivity index (χ2v) is 10.9. The number of nitrogens with zero attached hydrogens (tertiary/aromatic N) is 1. The van der Waals surface area contributed by atoms with Gasteiger partial charge in [-0.25, -0.2) is 12.7 Å². The molecule has 1 saturated heterocycles. The maximum absolute atomic E-state index is 13.0. The molecule has 1 fully saturated rings. The Hall–Kier alpha value is -1.60. The van der Waals surface area contributed by atoms with Crippen molar-refractivity contribution in [1.29, 1.82) is 0 Å². The third kappa shape index (κ3) is 6.22. The van der Waals surface area contributed by atoms with E-state index < -0.39 is 10.0 Å². The maximum atomic E-state index is 13.0. The summed E-state index contributed by atoms with van der Waals surface area (Å²) in [4.78, 5) is 13.0. The Bertz CT molecular complexity index is 1030. The van der Waals surface area contributed by atoms with Gasteiger partial charge >= 0.3 is 0 Å². The molecule has 3 rings (SSSR count). The van der Waals surface area contributed by atoms with Gasteiger partial charge in [-0.1, -0.05) is 66.0 Å². The summed E-state index contributed by atoms with van der Waals surface area (Å²) in [5.74, 6) is -0.682. The molecule has 8 heteroatoms. The third-order valence-electron chi connectivity index (χ3n) is 5.71. The first-order chi connectivity index (χ1) is 14.7. The molecule has 1 aliphatic rings. The monoisotopic (exact) mass is 482 g/mol. The summed E-state index contributed by atoms with van der Waals surface area (Å²) in [6, 6.07) is 12.8. The Kier molecular flexibility index (Phi) is 8.03. The van der Waals surface area contributed by atoms with E-state index in [2.05, 4.69) is 5.32 Å². The average molecular weight is 483 g/mol. The number of benzene rings is 2. The van der Waals surface area contributed by atoms with Gasteiger partial charge in [0.2, 0.25) is 15.9 Å². The van der Waals surface area contributed by atoms with Crippen LogP contribution in [0.4, 0.5) is 0 Å². The largest absolute Gasteiger partial charge is 0.349 e. The Morgan fingerprint density at radius 2 is 1.90 bits per heavy atom. The molecule has 1 N–H and O–H groups in total. The van der Waals surface area contributed by atoms with E-state index in [1.807, 2.05) is 38.1 Å². The molecule has 0 spiro atoms. The molecular formula is C23H28Cl2N2O3S. The molecule has 0 radical (unpaired) electrons. The quantitative estimate of drug-likeness (QED) is 0.595.